The number of methoxy groups -OCH3 is 3. The van der Waals surface area contributed by atoms with E-state index in [4.69, 9.17) is 19.2 Å². The molecule has 2 rings (SSSR count). The normalized spacial score (nSPS) is 16.2. The van der Waals surface area contributed by atoms with Crippen LogP contribution in [-0.4, -0.2) is 52.1 Å². The highest BCUT2D eigenvalue weighted by Gasteiger charge is 2.31. The fraction of sp³-hybridized carbons (Fsp3) is 0.682. The molecule has 3 N–H and O–H groups in total. The van der Waals surface area contributed by atoms with Crippen molar-refractivity contribution in [3.8, 4) is 17.2 Å². The van der Waals surface area contributed by atoms with Crippen LogP contribution in [0.1, 0.15) is 51.0 Å². The molecule has 0 aromatic heterocycles. The van der Waals surface area contributed by atoms with E-state index in [1.807, 2.05) is 12.1 Å². The van der Waals surface area contributed by atoms with Crippen LogP contribution in [0.2, 0.25) is 0 Å². The molecular formula is C22H37N3O4. The Bertz CT molecular complexity index is 627. The van der Waals surface area contributed by atoms with Gasteiger partial charge in [0.05, 0.1) is 27.9 Å². The van der Waals surface area contributed by atoms with Crippen molar-refractivity contribution in [3.63, 3.8) is 0 Å². The first-order valence-electron chi connectivity index (χ1n) is 10.5. The Morgan fingerprint density at radius 2 is 1.69 bits per heavy atom. The van der Waals surface area contributed by atoms with E-state index >= 15 is 0 Å². The number of aliphatic hydroxyl groups excluding tert-OH is 1. The van der Waals surface area contributed by atoms with Gasteiger partial charge in [-0.15, -0.1) is 0 Å². The highest BCUT2D eigenvalue weighted by Crippen LogP contribution is 2.39. The molecule has 1 aromatic carbocycles. The third-order valence-corrected chi connectivity index (χ3v) is 5.68. The van der Waals surface area contributed by atoms with E-state index in [9.17, 15) is 5.11 Å². The SMILES string of the molecule is CCNC(=NCc1cc(OC)c(OC)c(OC)c1)NCC1(CCO)CCCCC1. The summed E-state index contributed by atoms with van der Waals surface area (Å²) >= 11 is 0. The monoisotopic (exact) mass is 407 g/mol. The van der Waals surface area contributed by atoms with Gasteiger partial charge in [0.15, 0.2) is 17.5 Å². The van der Waals surface area contributed by atoms with Crippen molar-refractivity contribution >= 4 is 5.96 Å². The van der Waals surface area contributed by atoms with Crippen LogP contribution in [0.4, 0.5) is 0 Å². The lowest BCUT2D eigenvalue weighted by Gasteiger charge is -2.37. The van der Waals surface area contributed by atoms with Gasteiger partial charge in [0.25, 0.3) is 0 Å². The number of aliphatic imine (C=N–C) groups is 1. The number of rotatable bonds is 10. The van der Waals surface area contributed by atoms with E-state index < -0.39 is 0 Å². The third kappa shape index (κ3) is 6.42. The molecule has 0 spiro atoms. The second kappa shape index (κ2) is 11.8. The van der Waals surface area contributed by atoms with Crippen molar-refractivity contribution in [2.45, 2.75) is 52.0 Å². The van der Waals surface area contributed by atoms with Crippen LogP contribution in [0.3, 0.4) is 0 Å². The molecule has 1 fully saturated rings. The minimum atomic E-state index is 0.162. The Kier molecular flexibility index (Phi) is 9.38. The van der Waals surface area contributed by atoms with Gasteiger partial charge in [-0.25, -0.2) is 4.99 Å². The van der Waals surface area contributed by atoms with Gasteiger partial charge < -0.3 is 30.0 Å². The van der Waals surface area contributed by atoms with Crippen LogP contribution >= 0.6 is 0 Å². The predicted octanol–water partition coefficient (Wildman–Crippen LogP) is 3.10. The number of benzene rings is 1. The van der Waals surface area contributed by atoms with E-state index in [-0.39, 0.29) is 12.0 Å². The van der Waals surface area contributed by atoms with E-state index in [1.165, 1.54) is 19.3 Å². The van der Waals surface area contributed by atoms with E-state index in [0.29, 0.717) is 23.8 Å². The van der Waals surface area contributed by atoms with Crippen molar-refractivity contribution in [3.05, 3.63) is 17.7 Å². The van der Waals surface area contributed by atoms with Crippen LogP contribution in [-0.2, 0) is 6.54 Å². The van der Waals surface area contributed by atoms with Crippen LogP contribution in [0.25, 0.3) is 0 Å². The minimum absolute atomic E-state index is 0.162. The summed E-state index contributed by atoms with van der Waals surface area (Å²) in [6.45, 7) is 4.39. The Balaban J connectivity index is 2.12. The minimum Gasteiger partial charge on any atom is -0.493 e. The van der Waals surface area contributed by atoms with Gasteiger partial charge in [-0.2, -0.15) is 0 Å². The number of aliphatic hydroxyl groups is 1. The summed E-state index contributed by atoms with van der Waals surface area (Å²) in [5.74, 6) is 2.61. The Morgan fingerprint density at radius 1 is 1.03 bits per heavy atom. The first-order valence-corrected chi connectivity index (χ1v) is 10.5. The summed E-state index contributed by atoms with van der Waals surface area (Å²) < 4.78 is 16.3. The van der Waals surface area contributed by atoms with Gasteiger partial charge in [0.2, 0.25) is 5.75 Å². The number of guanidine groups is 1. The maximum atomic E-state index is 9.54. The average molecular weight is 408 g/mol. The average Bonchev–Trinajstić information content (AvgIpc) is 2.75. The Hall–Kier alpha value is -2.15. The number of ether oxygens (including phenoxy) is 3. The standard InChI is InChI=1S/C22H37N3O4/c1-5-23-21(25-16-22(11-12-26)9-7-6-8-10-22)24-15-17-13-18(27-2)20(29-4)19(14-17)28-3/h13-14,26H,5-12,15-16H2,1-4H3,(H2,23,24,25). The zero-order valence-electron chi connectivity index (χ0n) is 18.3. The molecule has 0 radical (unpaired) electrons. The molecule has 0 saturated heterocycles. The van der Waals surface area contributed by atoms with Crippen molar-refractivity contribution < 1.29 is 19.3 Å². The van der Waals surface area contributed by atoms with E-state index in [2.05, 4.69) is 17.6 Å². The lowest BCUT2D eigenvalue weighted by atomic mass is 9.72. The summed E-state index contributed by atoms with van der Waals surface area (Å²) in [5, 5.41) is 16.4. The topological polar surface area (TPSA) is 84.3 Å². The van der Waals surface area contributed by atoms with Gasteiger partial charge in [-0.3, -0.25) is 0 Å². The molecule has 0 aliphatic heterocycles. The number of nitrogens with one attached hydrogen (secondary N) is 2. The van der Waals surface area contributed by atoms with Crippen molar-refractivity contribution in [2.75, 3.05) is 41.0 Å². The smallest absolute Gasteiger partial charge is 0.203 e. The second-order valence-corrected chi connectivity index (χ2v) is 7.62. The highest BCUT2D eigenvalue weighted by molar-refractivity contribution is 5.79. The van der Waals surface area contributed by atoms with Gasteiger partial charge >= 0.3 is 0 Å². The van der Waals surface area contributed by atoms with Gasteiger partial charge in [0, 0.05) is 19.7 Å². The van der Waals surface area contributed by atoms with Crippen molar-refractivity contribution in [1.82, 2.24) is 10.6 Å². The molecule has 7 heteroatoms. The summed E-state index contributed by atoms with van der Waals surface area (Å²) in [5.41, 5.74) is 1.13. The predicted molar refractivity (Wildman–Crippen MR) is 116 cm³/mol. The van der Waals surface area contributed by atoms with Gasteiger partial charge in [0.1, 0.15) is 0 Å². The highest BCUT2D eigenvalue weighted by atomic mass is 16.5. The maximum absolute atomic E-state index is 9.54. The van der Waals surface area contributed by atoms with E-state index in [1.54, 1.807) is 21.3 Å². The lowest BCUT2D eigenvalue weighted by Crippen LogP contribution is -2.44. The molecule has 0 unspecified atom stereocenters. The van der Waals surface area contributed by atoms with Crippen molar-refractivity contribution in [2.24, 2.45) is 10.4 Å². The third-order valence-electron chi connectivity index (χ3n) is 5.68. The number of hydrogen-bond donors (Lipinski definition) is 3. The second-order valence-electron chi connectivity index (χ2n) is 7.62. The molecule has 1 aliphatic rings. The number of nitrogens with zero attached hydrogens (tertiary/aromatic N) is 1. The maximum Gasteiger partial charge on any atom is 0.203 e. The van der Waals surface area contributed by atoms with Crippen LogP contribution in [0.5, 0.6) is 17.2 Å². The molecule has 0 heterocycles. The van der Waals surface area contributed by atoms with Gasteiger partial charge in [-0.05, 0) is 49.3 Å². The largest absolute Gasteiger partial charge is 0.493 e. The number of hydrogen-bond acceptors (Lipinski definition) is 5. The summed E-state index contributed by atoms with van der Waals surface area (Å²) in [6, 6.07) is 3.84. The van der Waals surface area contributed by atoms with E-state index in [0.717, 1.165) is 43.9 Å². The molecule has 0 atom stereocenters. The molecule has 0 bridgehead atoms. The quantitative estimate of drug-likeness (QED) is 0.408. The summed E-state index contributed by atoms with van der Waals surface area (Å²) in [4.78, 5) is 4.75. The molecular weight excluding hydrogens is 370 g/mol. The molecule has 29 heavy (non-hydrogen) atoms. The van der Waals surface area contributed by atoms with Crippen molar-refractivity contribution in [1.29, 1.82) is 0 Å². The van der Waals surface area contributed by atoms with Gasteiger partial charge in [-0.1, -0.05) is 19.3 Å². The fourth-order valence-electron chi connectivity index (χ4n) is 4.06. The molecule has 7 nitrogen and oxygen atoms in total. The van der Waals surface area contributed by atoms with Crippen LogP contribution in [0, 0.1) is 5.41 Å². The van der Waals surface area contributed by atoms with Crippen LogP contribution < -0.4 is 24.8 Å². The summed E-state index contributed by atoms with van der Waals surface area (Å²) in [7, 11) is 4.82. The Morgan fingerprint density at radius 3 is 2.21 bits per heavy atom. The van der Waals surface area contributed by atoms with Crippen LogP contribution in [0.15, 0.2) is 17.1 Å². The molecule has 1 aliphatic carbocycles. The molecule has 164 valence electrons. The molecule has 0 amide bonds. The fourth-order valence-corrected chi connectivity index (χ4v) is 4.06. The Labute approximate surface area is 174 Å². The summed E-state index contributed by atoms with van der Waals surface area (Å²) in [6.07, 6.45) is 6.93. The molecule has 1 saturated carbocycles. The first kappa shape index (κ1) is 23.1. The lowest BCUT2D eigenvalue weighted by molar-refractivity contribution is 0.131. The zero-order valence-corrected chi connectivity index (χ0v) is 18.3. The zero-order chi connectivity index (χ0) is 21.1. The molecule has 1 aromatic rings. The first-order chi connectivity index (χ1) is 14.1.